The fourth-order valence-electron chi connectivity index (χ4n) is 1.66. The summed E-state index contributed by atoms with van der Waals surface area (Å²) < 4.78 is 1.75. The molecule has 0 atom stereocenters. The van der Waals surface area contributed by atoms with Crippen molar-refractivity contribution in [2.24, 2.45) is 0 Å². The largest absolute Gasteiger partial charge is 0.338 e. The van der Waals surface area contributed by atoms with Crippen LogP contribution in [-0.2, 0) is 0 Å². The molecule has 0 bridgehead atoms. The van der Waals surface area contributed by atoms with E-state index in [-0.39, 0.29) is 17.9 Å². The number of hydroxylamine groups is 1. The van der Waals surface area contributed by atoms with E-state index in [4.69, 9.17) is 17.4 Å². The number of urea groups is 2. The predicted octanol–water partition coefficient (Wildman–Crippen LogP) is 0.135. The van der Waals surface area contributed by atoms with Crippen LogP contribution in [0.3, 0.4) is 0 Å². The number of aromatic amines is 1. The van der Waals surface area contributed by atoms with Gasteiger partial charge in [0, 0.05) is 18.8 Å². The maximum atomic E-state index is 11.7. The van der Waals surface area contributed by atoms with Crippen LogP contribution in [0, 0.1) is 4.77 Å². The smallest absolute Gasteiger partial charge is 0.336 e. The van der Waals surface area contributed by atoms with E-state index in [1.165, 1.54) is 10.2 Å². The first kappa shape index (κ1) is 16.4. The lowest BCUT2D eigenvalue weighted by atomic mass is 10.3. The number of hydrogen-bond acceptors (Lipinski definition) is 6. The van der Waals surface area contributed by atoms with Crippen LogP contribution in [0.5, 0.6) is 0 Å². The zero-order valence-electron chi connectivity index (χ0n) is 11.7. The van der Waals surface area contributed by atoms with E-state index < -0.39 is 12.1 Å². The van der Waals surface area contributed by atoms with E-state index in [1.807, 2.05) is 0 Å². The van der Waals surface area contributed by atoms with Crippen LogP contribution in [0.2, 0.25) is 0 Å². The van der Waals surface area contributed by atoms with Crippen molar-refractivity contribution in [3.63, 3.8) is 0 Å². The topological polar surface area (TPSA) is 149 Å². The molecule has 0 unspecified atom stereocenters. The zero-order valence-corrected chi connectivity index (χ0v) is 12.6. The van der Waals surface area contributed by atoms with Gasteiger partial charge in [-0.05, 0) is 30.4 Å². The summed E-state index contributed by atoms with van der Waals surface area (Å²) in [5.41, 5.74) is 2.62. The fourth-order valence-corrected chi connectivity index (χ4v) is 1.84. The molecule has 122 valence electrons. The van der Waals surface area contributed by atoms with Gasteiger partial charge < -0.3 is 16.0 Å². The van der Waals surface area contributed by atoms with E-state index in [1.54, 1.807) is 24.3 Å². The number of nitrogens with zero attached hydrogens (tertiary/aromatic N) is 3. The summed E-state index contributed by atoms with van der Waals surface area (Å²) in [6.45, 7) is 0.350. The Morgan fingerprint density at radius 3 is 2.65 bits per heavy atom. The quantitative estimate of drug-likeness (QED) is 0.198. The number of anilines is 1. The number of tetrazole rings is 1. The van der Waals surface area contributed by atoms with Crippen molar-refractivity contribution >= 4 is 30.0 Å². The molecule has 0 saturated carbocycles. The molecule has 1 aromatic carbocycles. The van der Waals surface area contributed by atoms with E-state index in [0.29, 0.717) is 11.4 Å². The lowest BCUT2D eigenvalue weighted by Gasteiger charge is -2.09. The third kappa shape index (κ3) is 4.76. The van der Waals surface area contributed by atoms with Crippen molar-refractivity contribution in [3.8, 4) is 5.69 Å². The fraction of sp³-hybridized carbons (Fsp3) is 0.182. The molecule has 1 heterocycles. The van der Waals surface area contributed by atoms with Gasteiger partial charge in [0.1, 0.15) is 0 Å². The highest BCUT2D eigenvalue weighted by atomic mass is 32.1. The lowest BCUT2D eigenvalue weighted by Crippen LogP contribution is -2.40. The van der Waals surface area contributed by atoms with Crippen LogP contribution < -0.4 is 21.4 Å². The molecule has 11 nitrogen and oxygen atoms in total. The summed E-state index contributed by atoms with van der Waals surface area (Å²) in [5, 5.41) is 25.6. The average molecular weight is 338 g/mol. The summed E-state index contributed by atoms with van der Waals surface area (Å²) in [6.07, 6.45) is 0. The first-order valence-corrected chi connectivity index (χ1v) is 6.84. The van der Waals surface area contributed by atoms with Gasteiger partial charge in [0.05, 0.1) is 5.69 Å². The van der Waals surface area contributed by atoms with Crippen LogP contribution in [0.15, 0.2) is 24.3 Å². The summed E-state index contributed by atoms with van der Waals surface area (Å²) >= 11 is 5.00. The molecule has 23 heavy (non-hydrogen) atoms. The molecule has 0 aliphatic heterocycles. The third-order valence-corrected chi connectivity index (χ3v) is 2.90. The third-order valence-electron chi connectivity index (χ3n) is 2.63. The zero-order chi connectivity index (χ0) is 16.7. The van der Waals surface area contributed by atoms with Crippen molar-refractivity contribution < 1.29 is 14.8 Å². The van der Waals surface area contributed by atoms with Gasteiger partial charge in [-0.15, -0.1) is 0 Å². The molecule has 12 heteroatoms. The van der Waals surface area contributed by atoms with Crippen molar-refractivity contribution in [2.75, 3.05) is 18.4 Å². The molecule has 0 spiro atoms. The van der Waals surface area contributed by atoms with Crippen molar-refractivity contribution in [1.82, 2.24) is 36.3 Å². The maximum absolute atomic E-state index is 11.7. The molecule has 1 aromatic heterocycles. The molecule has 0 saturated heterocycles. The van der Waals surface area contributed by atoms with Crippen LogP contribution >= 0.6 is 12.2 Å². The molecule has 0 aliphatic carbocycles. The Balaban J connectivity index is 1.88. The lowest BCUT2D eigenvalue weighted by molar-refractivity contribution is 0.162. The number of carbonyl (C=O) groups is 2. The van der Waals surface area contributed by atoms with Crippen LogP contribution in [0.1, 0.15) is 0 Å². The normalized spacial score (nSPS) is 9.96. The van der Waals surface area contributed by atoms with Crippen LogP contribution in [-0.4, -0.2) is 50.6 Å². The Kier molecular flexibility index (Phi) is 5.60. The molecule has 0 fully saturated rings. The average Bonchev–Trinajstić information content (AvgIpc) is 2.97. The number of rotatable bonds is 5. The Labute approximate surface area is 135 Å². The van der Waals surface area contributed by atoms with E-state index >= 15 is 0 Å². The van der Waals surface area contributed by atoms with Crippen molar-refractivity contribution in [3.05, 3.63) is 29.0 Å². The minimum atomic E-state index is -0.746. The second kappa shape index (κ2) is 7.86. The highest BCUT2D eigenvalue weighted by molar-refractivity contribution is 7.71. The van der Waals surface area contributed by atoms with Gasteiger partial charge in [-0.1, -0.05) is 16.4 Å². The molecule has 4 amide bonds. The molecule has 2 aromatic rings. The van der Waals surface area contributed by atoms with Crippen molar-refractivity contribution in [1.29, 1.82) is 0 Å². The molecule has 0 aliphatic rings. The van der Waals surface area contributed by atoms with Gasteiger partial charge in [0.25, 0.3) is 0 Å². The van der Waals surface area contributed by atoms with Gasteiger partial charge in [0.15, 0.2) is 0 Å². The summed E-state index contributed by atoms with van der Waals surface area (Å²) in [4.78, 5) is 22.4. The molecular formula is C11H14N8O3S. The molecule has 2 rings (SSSR count). The Morgan fingerprint density at radius 2 is 2.00 bits per heavy atom. The number of H-pyrrole nitrogens is 1. The minimum Gasteiger partial charge on any atom is -0.336 e. The monoisotopic (exact) mass is 338 g/mol. The highest BCUT2D eigenvalue weighted by Crippen LogP contribution is 2.13. The molecule has 0 radical (unpaired) electrons. The van der Waals surface area contributed by atoms with E-state index in [0.717, 1.165) is 0 Å². The first-order chi connectivity index (χ1) is 11.1. The van der Waals surface area contributed by atoms with Crippen LogP contribution in [0.4, 0.5) is 15.3 Å². The van der Waals surface area contributed by atoms with Crippen LogP contribution in [0.25, 0.3) is 5.69 Å². The number of amides is 4. The number of aromatic nitrogens is 4. The number of carbonyl (C=O) groups excluding carboxylic acids is 2. The summed E-state index contributed by atoms with van der Waals surface area (Å²) in [6, 6.07) is 5.71. The SMILES string of the molecule is O=C(NO)NCCNC(=O)Nc1cccc(-n2[nH]nnc2=S)c1. The van der Waals surface area contributed by atoms with Gasteiger partial charge in [0.2, 0.25) is 4.77 Å². The number of nitrogens with one attached hydrogen (secondary N) is 5. The summed E-state index contributed by atoms with van der Waals surface area (Å²) in [5.74, 6) is 0. The van der Waals surface area contributed by atoms with Gasteiger partial charge in [-0.2, -0.15) is 5.21 Å². The second-order valence-electron chi connectivity index (χ2n) is 4.22. The summed E-state index contributed by atoms with van der Waals surface area (Å²) in [7, 11) is 0. The Hall–Kier alpha value is -2.99. The Bertz CT molecular complexity index is 743. The number of hydrogen-bond donors (Lipinski definition) is 6. The van der Waals surface area contributed by atoms with Gasteiger partial charge >= 0.3 is 12.1 Å². The van der Waals surface area contributed by atoms with E-state index in [2.05, 4.69) is 31.5 Å². The molecular weight excluding hydrogens is 324 g/mol. The molecule has 6 N–H and O–H groups in total. The van der Waals surface area contributed by atoms with Crippen molar-refractivity contribution in [2.45, 2.75) is 0 Å². The number of benzene rings is 1. The van der Waals surface area contributed by atoms with Gasteiger partial charge in [-0.3, -0.25) is 5.21 Å². The van der Waals surface area contributed by atoms with Gasteiger partial charge in [-0.25, -0.2) is 19.8 Å². The maximum Gasteiger partial charge on any atom is 0.338 e. The minimum absolute atomic E-state index is 0.162. The second-order valence-corrected chi connectivity index (χ2v) is 4.58. The predicted molar refractivity (Wildman–Crippen MR) is 81.9 cm³/mol. The Morgan fingerprint density at radius 1 is 1.26 bits per heavy atom. The standard InChI is InChI=1S/C11H14N8O3S/c20-9(12-4-5-13-10(21)16-22)14-7-2-1-3-8(6-7)19-11(23)15-17-18-19/h1-3,6,22H,4-5H2,(H2,12,14,20)(H2,13,16,21)(H,15,18,23). The first-order valence-electron chi connectivity index (χ1n) is 6.43. The highest BCUT2D eigenvalue weighted by Gasteiger charge is 2.05. The van der Waals surface area contributed by atoms with E-state index in [9.17, 15) is 9.59 Å².